The van der Waals surface area contributed by atoms with E-state index in [1.165, 1.54) is 0 Å². The Bertz CT molecular complexity index is 807. The van der Waals surface area contributed by atoms with Gasteiger partial charge in [0, 0.05) is 6.04 Å². The summed E-state index contributed by atoms with van der Waals surface area (Å²) in [5.41, 5.74) is 0.270. The van der Waals surface area contributed by atoms with Gasteiger partial charge in [0.25, 0.3) is 15.9 Å². The maximum Gasteiger partial charge on any atom is 0.270 e. The highest BCUT2D eigenvalue weighted by molar-refractivity contribution is 7.91. The van der Waals surface area contributed by atoms with Crippen LogP contribution in [0.1, 0.15) is 30.6 Å². The minimum absolute atomic E-state index is 0.0828. The Hall–Kier alpha value is -1.55. The third-order valence-electron chi connectivity index (χ3n) is 2.94. The lowest BCUT2D eigenvalue weighted by Crippen LogP contribution is -2.31. The quantitative estimate of drug-likeness (QED) is 0.756. The second kappa shape index (κ2) is 7.35. The molecule has 0 saturated carbocycles. The number of rotatable bonds is 6. The summed E-state index contributed by atoms with van der Waals surface area (Å²) < 4.78 is 26.4. The van der Waals surface area contributed by atoms with E-state index in [0.29, 0.717) is 11.4 Å². The normalized spacial score (nSPS) is 12.8. The van der Waals surface area contributed by atoms with Crippen molar-refractivity contribution >= 4 is 44.0 Å². The van der Waals surface area contributed by atoms with Crippen LogP contribution in [-0.4, -0.2) is 30.6 Å². The second-order valence-electron chi connectivity index (χ2n) is 4.74. The zero-order chi connectivity index (χ0) is 17.0. The van der Waals surface area contributed by atoms with E-state index in [2.05, 4.69) is 20.2 Å². The van der Waals surface area contributed by atoms with Crippen LogP contribution in [0, 0.1) is 0 Å². The first-order valence-electron chi connectivity index (χ1n) is 6.75. The average Bonchev–Trinajstić information content (AvgIpc) is 2.96. The van der Waals surface area contributed by atoms with Gasteiger partial charge in [-0.3, -0.25) is 10.1 Å². The number of nitrogens with zero attached hydrogens (tertiary/aromatic N) is 2. The number of anilines is 1. The van der Waals surface area contributed by atoms with Crippen molar-refractivity contribution in [3.8, 4) is 0 Å². The Morgan fingerprint density at radius 1 is 1.35 bits per heavy atom. The molecule has 0 radical (unpaired) electrons. The summed E-state index contributed by atoms with van der Waals surface area (Å²) in [5, 5.41) is 10.2. The van der Waals surface area contributed by atoms with Gasteiger partial charge in [0.05, 0.1) is 10.6 Å². The van der Waals surface area contributed by atoms with E-state index in [9.17, 15) is 13.2 Å². The number of amides is 1. The lowest BCUT2D eigenvalue weighted by atomic mass is 10.2. The molecular formula is C13H15ClN4O3S2. The molecule has 1 aromatic heterocycles. The predicted octanol–water partition coefficient (Wildman–Crippen LogP) is 2.52. The highest BCUT2D eigenvalue weighted by atomic mass is 35.5. The van der Waals surface area contributed by atoms with Crippen LogP contribution in [0.2, 0.25) is 5.02 Å². The molecule has 2 N–H and O–H groups in total. The molecule has 1 aromatic carbocycles. The Labute approximate surface area is 143 Å². The molecular weight excluding hydrogens is 360 g/mol. The SMILES string of the molecule is CCC(C)NS(=O)(=O)c1nnc(NC(=O)c2ccccc2Cl)s1. The number of benzene rings is 1. The Balaban J connectivity index is 2.14. The third kappa shape index (κ3) is 4.47. The zero-order valence-electron chi connectivity index (χ0n) is 12.4. The summed E-state index contributed by atoms with van der Waals surface area (Å²) in [6.07, 6.45) is 0.647. The van der Waals surface area contributed by atoms with Gasteiger partial charge in [0.1, 0.15) is 0 Å². The maximum absolute atomic E-state index is 12.1. The fraction of sp³-hybridized carbons (Fsp3) is 0.308. The average molecular weight is 375 g/mol. The number of sulfonamides is 1. The molecule has 124 valence electrons. The fourth-order valence-corrected chi connectivity index (χ4v) is 4.04. The summed E-state index contributed by atoms with van der Waals surface area (Å²) >= 11 is 6.71. The smallest absolute Gasteiger partial charge is 0.270 e. The predicted molar refractivity (Wildman–Crippen MR) is 89.4 cm³/mol. The van der Waals surface area contributed by atoms with E-state index in [-0.39, 0.29) is 21.1 Å². The number of carbonyl (C=O) groups excluding carboxylic acids is 1. The van der Waals surface area contributed by atoms with E-state index < -0.39 is 15.9 Å². The van der Waals surface area contributed by atoms with Crippen LogP contribution in [0.25, 0.3) is 0 Å². The zero-order valence-corrected chi connectivity index (χ0v) is 14.8. The number of hydrogen-bond acceptors (Lipinski definition) is 6. The molecule has 2 aromatic rings. The minimum Gasteiger partial charge on any atom is -0.296 e. The molecule has 7 nitrogen and oxygen atoms in total. The number of aromatic nitrogens is 2. The molecule has 2 rings (SSSR count). The first kappa shape index (κ1) is 17.8. The van der Waals surface area contributed by atoms with Crippen LogP contribution in [0.15, 0.2) is 28.6 Å². The molecule has 0 aliphatic rings. The van der Waals surface area contributed by atoms with E-state index in [1.807, 2.05) is 6.92 Å². The van der Waals surface area contributed by atoms with Crippen LogP contribution in [0.5, 0.6) is 0 Å². The van der Waals surface area contributed by atoms with Crippen molar-refractivity contribution in [3.63, 3.8) is 0 Å². The molecule has 1 amide bonds. The van der Waals surface area contributed by atoms with E-state index in [4.69, 9.17) is 11.6 Å². The van der Waals surface area contributed by atoms with Crippen molar-refractivity contribution in [2.45, 2.75) is 30.6 Å². The van der Waals surface area contributed by atoms with Crippen LogP contribution >= 0.6 is 22.9 Å². The van der Waals surface area contributed by atoms with Gasteiger partial charge in [-0.2, -0.15) is 0 Å². The maximum atomic E-state index is 12.1. The monoisotopic (exact) mass is 374 g/mol. The van der Waals surface area contributed by atoms with Crippen molar-refractivity contribution in [1.82, 2.24) is 14.9 Å². The van der Waals surface area contributed by atoms with Gasteiger partial charge >= 0.3 is 0 Å². The van der Waals surface area contributed by atoms with Crippen LogP contribution < -0.4 is 10.0 Å². The van der Waals surface area contributed by atoms with Crippen molar-refractivity contribution in [1.29, 1.82) is 0 Å². The minimum atomic E-state index is -3.74. The van der Waals surface area contributed by atoms with Gasteiger partial charge in [-0.1, -0.05) is 42.0 Å². The molecule has 1 heterocycles. The first-order valence-corrected chi connectivity index (χ1v) is 9.43. The highest BCUT2D eigenvalue weighted by Crippen LogP contribution is 2.22. The van der Waals surface area contributed by atoms with Gasteiger partial charge in [0.2, 0.25) is 9.47 Å². The van der Waals surface area contributed by atoms with Gasteiger partial charge in [0.15, 0.2) is 0 Å². The molecule has 23 heavy (non-hydrogen) atoms. The number of halogens is 1. The molecule has 1 unspecified atom stereocenters. The molecule has 1 atom stereocenters. The van der Waals surface area contributed by atoms with Crippen molar-refractivity contribution in [2.75, 3.05) is 5.32 Å². The second-order valence-corrected chi connectivity index (χ2v) is 8.01. The molecule has 0 bridgehead atoms. The summed E-state index contributed by atoms with van der Waals surface area (Å²) in [6, 6.07) is 6.30. The molecule has 0 spiro atoms. The summed E-state index contributed by atoms with van der Waals surface area (Å²) in [6.45, 7) is 3.61. The summed E-state index contributed by atoms with van der Waals surface area (Å²) in [5.74, 6) is -0.481. The molecule has 0 saturated heterocycles. The highest BCUT2D eigenvalue weighted by Gasteiger charge is 2.22. The molecule has 10 heteroatoms. The Morgan fingerprint density at radius 2 is 2.04 bits per heavy atom. The molecule has 0 aliphatic carbocycles. The topological polar surface area (TPSA) is 101 Å². The van der Waals surface area contributed by atoms with E-state index in [0.717, 1.165) is 11.3 Å². The van der Waals surface area contributed by atoms with Crippen molar-refractivity contribution < 1.29 is 13.2 Å². The Morgan fingerprint density at radius 3 is 2.70 bits per heavy atom. The van der Waals surface area contributed by atoms with Crippen LogP contribution in [-0.2, 0) is 10.0 Å². The molecule has 0 aliphatic heterocycles. The third-order valence-corrected chi connectivity index (χ3v) is 6.07. The van der Waals surface area contributed by atoms with Crippen molar-refractivity contribution in [3.05, 3.63) is 34.9 Å². The Kier molecular flexibility index (Phi) is 5.69. The first-order chi connectivity index (χ1) is 10.8. The largest absolute Gasteiger partial charge is 0.296 e. The fourth-order valence-electron chi connectivity index (χ4n) is 1.58. The van der Waals surface area contributed by atoms with Crippen LogP contribution in [0.3, 0.4) is 0 Å². The van der Waals surface area contributed by atoms with Gasteiger partial charge in [-0.15, -0.1) is 10.2 Å². The van der Waals surface area contributed by atoms with Crippen molar-refractivity contribution in [2.24, 2.45) is 0 Å². The van der Waals surface area contributed by atoms with Gasteiger partial charge in [-0.25, -0.2) is 13.1 Å². The lowest BCUT2D eigenvalue weighted by Gasteiger charge is -2.08. The lowest BCUT2D eigenvalue weighted by molar-refractivity contribution is 0.102. The van der Waals surface area contributed by atoms with E-state index in [1.54, 1.807) is 31.2 Å². The van der Waals surface area contributed by atoms with Gasteiger partial charge < -0.3 is 0 Å². The van der Waals surface area contributed by atoms with E-state index >= 15 is 0 Å². The standard InChI is InChI=1S/C13H15ClN4O3S2/c1-3-8(2)18-23(20,21)13-17-16-12(22-13)15-11(19)9-6-4-5-7-10(9)14/h4-8,18H,3H2,1-2H3,(H,15,16,19). The number of hydrogen-bond donors (Lipinski definition) is 2. The van der Waals surface area contributed by atoms with Crippen LogP contribution in [0.4, 0.5) is 5.13 Å². The molecule has 0 fully saturated rings. The summed E-state index contributed by atoms with van der Waals surface area (Å²) in [4.78, 5) is 12.1. The van der Waals surface area contributed by atoms with Gasteiger partial charge in [-0.05, 0) is 25.5 Å². The summed E-state index contributed by atoms with van der Waals surface area (Å²) in [7, 11) is -3.74. The number of carbonyl (C=O) groups is 1. The number of nitrogens with one attached hydrogen (secondary N) is 2.